The second-order valence-corrected chi connectivity index (χ2v) is 10.0. The van der Waals surface area contributed by atoms with Crippen LogP contribution in [-0.4, -0.2) is 36.3 Å². The minimum atomic E-state index is -4.68. The molecule has 11 heteroatoms. The number of nitrogens with one attached hydrogen (secondary N) is 1. The molecule has 0 saturated heterocycles. The largest absolute Gasteiger partial charge is 0.435 e. The first kappa shape index (κ1) is 26.5. The van der Waals surface area contributed by atoms with Crippen LogP contribution in [0.3, 0.4) is 0 Å². The van der Waals surface area contributed by atoms with E-state index in [0.29, 0.717) is 40.8 Å². The van der Waals surface area contributed by atoms with Gasteiger partial charge in [-0.05, 0) is 66.3 Å². The molecule has 2 aromatic carbocycles. The Morgan fingerprint density at radius 2 is 1.79 bits per heavy atom. The van der Waals surface area contributed by atoms with Gasteiger partial charge in [-0.3, -0.25) is 14.9 Å². The van der Waals surface area contributed by atoms with Gasteiger partial charge < -0.3 is 14.0 Å². The van der Waals surface area contributed by atoms with Gasteiger partial charge in [0.15, 0.2) is 5.69 Å². The summed E-state index contributed by atoms with van der Waals surface area (Å²) in [4.78, 5) is 15.6. The summed E-state index contributed by atoms with van der Waals surface area (Å²) in [5.74, 6) is -0.643. The van der Waals surface area contributed by atoms with Gasteiger partial charge in [-0.1, -0.05) is 12.1 Å². The number of carbonyl (C=O) groups excluding carboxylic acids is 1. The molecule has 1 amide bonds. The number of halogens is 4. The standard InChI is InChI=1S/C28H28F4N6O/c1-16-11-19(5-6-24(16)29)17(2)38-8-7-20-21(23-15-36(4)34-25(23)28(30,31)32)12-18(13-22(20)26(38)39)14-37-10-9-35(3)27(37)33/h5-6,9-13,15,17,33H,7-8,14H2,1-4H3/t17-/m0/s1. The molecule has 1 aliphatic heterocycles. The van der Waals surface area contributed by atoms with Crippen molar-refractivity contribution < 1.29 is 22.4 Å². The second-order valence-electron chi connectivity index (χ2n) is 10.0. The molecule has 1 atom stereocenters. The van der Waals surface area contributed by atoms with E-state index < -0.39 is 11.9 Å². The molecule has 0 aliphatic carbocycles. The first-order valence-electron chi connectivity index (χ1n) is 12.5. The number of hydrogen-bond acceptors (Lipinski definition) is 3. The maximum Gasteiger partial charge on any atom is 0.435 e. The van der Waals surface area contributed by atoms with E-state index in [9.17, 15) is 22.4 Å². The number of hydrogen-bond donors (Lipinski definition) is 1. The summed E-state index contributed by atoms with van der Waals surface area (Å²) < 4.78 is 60.2. The molecule has 7 nitrogen and oxygen atoms in total. The monoisotopic (exact) mass is 540 g/mol. The second kappa shape index (κ2) is 9.55. The van der Waals surface area contributed by atoms with Gasteiger partial charge in [0.1, 0.15) is 5.82 Å². The van der Waals surface area contributed by atoms with E-state index in [1.807, 2.05) is 6.92 Å². The number of aromatic nitrogens is 4. The molecule has 2 aromatic heterocycles. The van der Waals surface area contributed by atoms with E-state index in [1.165, 1.54) is 19.3 Å². The number of amides is 1. The molecule has 5 rings (SSSR count). The Labute approximate surface area is 222 Å². The molecular weight excluding hydrogens is 512 g/mol. The fourth-order valence-corrected chi connectivity index (χ4v) is 5.23. The van der Waals surface area contributed by atoms with E-state index in [4.69, 9.17) is 5.41 Å². The first-order valence-corrected chi connectivity index (χ1v) is 12.5. The van der Waals surface area contributed by atoms with Gasteiger partial charge in [-0.25, -0.2) is 4.39 Å². The van der Waals surface area contributed by atoms with Crippen LogP contribution in [-0.2, 0) is 33.2 Å². The Bertz CT molecular complexity index is 1640. The van der Waals surface area contributed by atoms with E-state index in [0.717, 1.165) is 10.2 Å². The molecule has 204 valence electrons. The molecule has 1 aliphatic rings. The highest BCUT2D eigenvalue weighted by Crippen LogP contribution is 2.40. The third kappa shape index (κ3) is 4.77. The van der Waals surface area contributed by atoms with Crippen LogP contribution in [0.4, 0.5) is 17.6 Å². The van der Waals surface area contributed by atoms with Crippen molar-refractivity contribution in [3.63, 3.8) is 0 Å². The lowest BCUT2D eigenvalue weighted by atomic mass is 9.87. The van der Waals surface area contributed by atoms with Gasteiger partial charge in [0, 0.05) is 50.4 Å². The number of benzene rings is 2. The summed E-state index contributed by atoms with van der Waals surface area (Å²) in [5.41, 5.74) is 2.10. The summed E-state index contributed by atoms with van der Waals surface area (Å²) in [6.45, 7) is 4.00. The molecule has 0 radical (unpaired) electrons. The maximum atomic E-state index is 14.0. The lowest BCUT2D eigenvalue weighted by molar-refractivity contribution is -0.140. The fraction of sp³-hybridized carbons (Fsp3) is 0.321. The van der Waals surface area contributed by atoms with Crippen molar-refractivity contribution >= 4 is 5.91 Å². The first-order chi connectivity index (χ1) is 18.3. The number of carbonyl (C=O) groups is 1. The fourth-order valence-electron chi connectivity index (χ4n) is 5.23. The lowest BCUT2D eigenvalue weighted by Crippen LogP contribution is -2.39. The highest BCUT2D eigenvalue weighted by molar-refractivity contribution is 5.99. The van der Waals surface area contributed by atoms with Crippen molar-refractivity contribution in [2.75, 3.05) is 6.54 Å². The third-order valence-corrected chi connectivity index (χ3v) is 7.35. The van der Waals surface area contributed by atoms with Crippen LogP contribution < -0.4 is 5.62 Å². The molecule has 3 heterocycles. The van der Waals surface area contributed by atoms with Gasteiger partial charge in [-0.15, -0.1) is 0 Å². The minimum Gasteiger partial charge on any atom is -0.332 e. The van der Waals surface area contributed by atoms with Crippen LogP contribution >= 0.6 is 0 Å². The van der Waals surface area contributed by atoms with Crippen molar-refractivity contribution in [3.05, 3.63) is 93.9 Å². The molecule has 0 fully saturated rings. The molecule has 1 N–H and O–H groups in total. The van der Waals surface area contributed by atoms with Crippen molar-refractivity contribution in [2.45, 2.75) is 39.0 Å². The normalized spacial score (nSPS) is 14.6. The zero-order valence-corrected chi connectivity index (χ0v) is 22.0. The molecule has 0 bridgehead atoms. The summed E-state index contributed by atoms with van der Waals surface area (Å²) in [5, 5.41) is 12.0. The molecule has 0 unspecified atom stereocenters. The van der Waals surface area contributed by atoms with Crippen molar-refractivity contribution in [1.29, 1.82) is 5.41 Å². The number of aryl methyl sites for hydroxylation is 3. The summed E-state index contributed by atoms with van der Waals surface area (Å²) in [6, 6.07) is 7.72. The van der Waals surface area contributed by atoms with E-state index in [-0.39, 0.29) is 35.5 Å². The molecule has 4 aromatic rings. The van der Waals surface area contributed by atoms with E-state index in [2.05, 4.69) is 5.10 Å². The Morgan fingerprint density at radius 1 is 1.08 bits per heavy atom. The lowest BCUT2D eigenvalue weighted by Gasteiger charge is -2.35. The number of fused-ring (bicyclic) bond motifs is 1. The molecular formula is C28H28F4N6O. The predicted octanol–water partition coefficient (Wildman–Crippen LogP) is 4.98. The topological polar surface area (TPSA) is 71.8 Å². The molecule has 0 spiro atoms. The number of nitrogens with zero attached hydrogens (tertiary/aromatic N) is 5. The average Bonchev–Trinajstić information content (AvgIpc) is 3.43. The van der Waals surface area contributed by atoms with Crippen molar-refractivity contribution in [2.24, 2.45) is 14.1 Å². The third-order valence-electron chi connectivity index (χ3n) is 7.35. The highest BCUT2D eigenvalue weighted by Gasteiger charge is 2.39. The zero-order chi connectivity index (χ0) is 28.2. The van der Waals surface area contributed by atoms with Crippen LogP contribution in [0.5, 0.6) is 0 Å². The quantitative estimate of drug-likeness (QED) is 0.363. The maximum absolute atomic E-state index is 14.0. The van der Waals surface area contributed by atoms with Crippen LogP contribution in [0.2, 0.25) is 0 Å². The average molecular weight is 541 g/mol. The Hall–Kier alpha value is -4.15. The Morgan fingerprint density at radius 3 is 2.44 bits per heavy atom. The van der Waals surface area contributed by atoms with Crippen LogP contribution in [0.1, 0.15) is 51.3 Å². The van der Waals surface area contributed by atoms with Gasteiger partial charge in [0.25, 0.3) is 5.91 Å². The van der Waals surface area contributed by atoms with Crippen LogP contribution in [0, 0.1) is 18.2 Å². The Balaban J connectivity index is 1.64. The zero-order valence-electron chi connectivity index (χ0n) is 22.0. The number of imidazole rings is 1. The number of alkyl halides is 3. The van der Waals surface area contributed by atoms with Gasteiger partial charge in [0.2, 0.25) is 5.62 Å². The summed E-state index contributed by atoms with van der Waals surface area (Å²) >= 11 is 0. The van der Waals surface area contributed by atoms with Crippen molar-refractivity contribution in [3.8, 4) is 11.1 Å². The SMILES string of the molecule is Cc1cc([C@H](C)N2CCc3c(cc(Cn4ccn(C)c4=N)cc3-c3cn(C)nc3C(F)(F)F)C2=O)ccc1F. The van der Waals surface area contributed by atoms with Gasteiger partial charge in [0.05, 0.1) is 12.6 Å². The number of rotatable bonds is 5. The summed E-state index contributed by atoms with van der Waals surface area (Å²) in [6.07, 6.45) is 0.412. The molecule has 0 saturated carbocycles. The van der Waals surface area contributed by atoms with E-state index in [1.54, 1.807) is 64.7 Å². The van der Waals surface area contributed by atoms with Crippen LogP contribution in [0.25, 0.3) is 11.1 Å². The van der Waals surface area contributed by atoms with Gasteiger partial charge >= 0.3 is 6.18 Å². The minimum absolute atomic E-state index is 0.0873. The van der Waals surface area contributed by atoms with Crippen LogP contribution in [0.15, 0.2) is 48.9 Å². The predicted molar refractivity (Wildman–Crippen MR) is 136 cm³/mol. The van der Waals surface area contributed by atoms with Crippen molar-refractivity contribution in [1.82, 2.24) is 23.8 Å². The molecule has 39 heavy (non-hydrogen) atoms. The smallest absolute Gasteiger partial charge is 0.332 e. The van der Waals surface area contributed by atoms with Gasteiger partial charge in [-0.2, -0.15) is 18.3 Å². The van der Waals surface area contributed by atoms with E-state index >= 15 is 0 Å². The summed E-state index contributed by atoms with van der Waals surface area (Å²) in [7, 11) is 3.16. The Kier molecular flexibility index (Phi) is 6.48. The highest BCUT2D eigenvalue weighted by atomic mass is 19.4.